The van der Waals surface area contributed by atoms with Crippen LogP contribution in [0.5, 0.6) is 0 Å². The highest BCUT2D eigenvalue weighted by Gasteiger charge is 2.47. The summed E-state index contributed by atoms with van der Waals surface area (Å²) in [6.07, 6.45) is 0. The first-order valence-corrected chi connectivity index (χ1v) is 21.4. The third-order valence-electron chi connectivity index (χ3n) is 13.7. The second-order valence-electron chi connectivity index (χ2n) is 17.2. The Morgan fingerprint density at radius 1 is 0.344 bits per heavy atom. The van der Waals surface area contributed by atoms with Gasteiger partial charge in [-0.15, -0.1) is 0 Å². The Hall–Kier alpha value is -7.48. The van der Waals surface area contributed by atoms with Crippen LogP contribution in [-0.2, 0) is 10.8 Å². The summed E-state index contributed by atoms with van der Waals surface area (Å²) in [7, 11) is 0. The van der Waals surface area contributed by atoms with Gasteiger partial charge in [-0.3, -0.25) is 0 Å². The van der Waals surface area contributed by atoms with E-state index in [1.807, 2.05) is 0 Å². The fourth-order valence-electron chi connectivity index (χ4n) is 11.0. The first kappa shape index (κ1) is 35.5. The van der Waals surface area contributed by atoms with Crippen molar-refractivity contribution in [3.8, 4) is 33.4 Å². The maximum atomic E-state index is 2.50. The summed E-state index contributed by atoms with van der Waals surface area (Å²) >= 11 is 0. The highest BCUT2D eigenvalue weighted by atomic mass is 15.1. The Morgan fingerprint density at radius 2 is 0.934 bits per heavy atom. The van der Waals surface area contributed by atoms with Gasteiger partial charge in [-0.05, 0) is 119 Å². The summed E-state index contributed by atoms with van der Waals surface area (Å²) in [6.45, 7) is 4.72. The maximum absolute atomic E-state index is 2.50. The molecule has 10 aromatic rings. The van der Waals surface area contributed by atoms with Crippen LogP contribution in [0.4, 0.5) is 17.1 Å². The van der Waals surface area contributed by atoms with Gasteiger partial charge in [-0.2, -0.15) is 0 Å². The molecule has 1 nitrogen and oxygen atoms in total. The van der Waals surface area contributed by atoms with Crippen molar-refractivity contribution in [3.05, 3.63) is 258 Å². The lowest BCUT2D eigenvalue weighted by molar-refractivity contribution is 0.660. The monoisotopic (exact) mass is 777 g/mol. The normalized spacial score (nSPS) is 14.0. The zero-order valence-electron chi connectivity index (χ0n) is 34.3. The van der Waals surface area contributed by atoms with E-state index in [2.05, 4.69) is 243 Å². The number of rotatable bonds is 6. The van der Waals surface area contributed by atoms with Gasteiger partial charge < -0.3 is 4.90 Å². The lowest BCUT2D eigenvalue weighted by Crippen LogP contribution is -2.28. The summed E-state index contributed by atoms with van der Waals surface area (Å²) in [5, 5.41) is 4.98. The molecule has 0 radical (unpaired) electrons. The Morgan fingerprint density at radius 3 is 1.69 bits per heavy atom. The smallest absolute Gasteiger partial charge is 0.0714 e. The molecule has 12 rings (SSSR count). The minimum Gasteiger partial charge on any atom is -0.310 e. The summed E-state index contributed by atoms with van der Waals surface area (Å²) in [6, 6.07) is 83.5. The van der Waals surface area contributed by atoms with Crippen LogP contribution < -0.4 is 4.90 Å². The van der Waals surface area contributed by atoms with Crippen LogP contribution in [0.15, 0.2) is 224 Å². The van der Waals surface area contributed by atoms with Gasteiger partial charge >= 0.3 is 0 Å². The third-order valence-corrected chi connectivity index (χ3v) is 13.7. The van der Waals surface area contributed by atoms with Gasteiger partial charge in [-0.25, -0.2) is 0 Å². The molecule has 288 valence electrons. The second-order valence-corrected chi connectivity index (χ2v) is 17.2. The average Bonchev–Trinajstić information content (AvgIpc) is 3.75. The number of fused-ring (bicyclic) bond motifs is 9. The van der Waals surface area contributed by atoms with Crippen LogP contribution in [0.2, 0.25) is 0 Å². The van der Waals surface area contributed by atoms with Crippen LogP contribution >= 0.6 is 0 Å². The average molecular weight is 778 g/mol. The Labute approximate surface area is 357 Å². The predicted octanol–water partition coefficient (Wildman–Crippen LogP) is 15.8. The number of nitrogens with zero attached hydrogens (tertiary/aromatic N) is 1. The second kappa shape index (κ2) is 13.5. The standard InChI is InChI=1S/C60H43N/c1-59(2)53-29-17-16-27-49(53)50-34-32-45(39-55(50)59)61(44-23-10-5-11-24-44)57-37-35-46(48-26-14-15-28-51(48)57)41-30-33-52-56(38-41)60(42-19-6-3-7-20-42,43-21-8-4-9-22-43)54-36-31-40-18-12-13-25-47(40)58(52)54/h3-39H,1-2H3. The lowest BCUT2D eigenvalue weighted by Gasteiger charge is -2.34. The summed E-state index contributed by atoms with van der Waals surface area (Å²) in [5.41, 5.74) is 18.5. The van der Waals surface area contributed by atoms with Crippen molar-refractivity contribution in [3.63, 3.8) is 0 Å². The van der Waals surface area contributed by atoms with Gasteiger partial charge in [0.2, 0.25) is 0 Å². The molecule has 0 atom stereocenters. The van der Waals surface area contributed by atoms with E-state index >= 15 is 0 Å². The first-order chi connectivity index (χ1) is 30.0. The van der Waals surface area contributed by atoms with Gasteiger partial charge in [0, 0.05) is 22.2 Å². The summed E-state index contributed by atoms with van der Waals surface area (Å²) in [4.78, 5) is 2.45. The molecule has 0 spiro atoms. The Balaban J connectivity index is 1.08. The van der Waals surface area contributed by atoms with E-state index in [9.17, 15) is 0 Å². The van der Waals surface area contributed by atoms with Gasteiger partial charge in [0.15, 0.2) is 0 Å². The molecule has 2 aliphatic carbocycles. The number of benzene rings is 10. The van der Waals surface area contributed by atoms with Crippen LogP contribution in [0.3, 0.4) is 0 Å². The molecule has 0 fully saturated rings. The van der Waals surface area contributed by atoms with Crippen molar-refractivity contribution < 1.29 is 0 Å². The van der Waals surface area contributed by atoms with Crippen LogP contribution in [0, 0.1) is 0 Å². The van der Waals surface area contributed by atoms with Crippen molar-refractivity contribution in [2.75, 3.05) is 4.90 Å². The van der Waals surface area contributed by atoms with E-state index in [1.165, 1.54) is 88.3 Å². The molecular formula is C60H43N. The Bertz CT molecular complexity index is 3290. The third kappa shape index (κ3) is 5.14. The maximum Gasteiger partial charge on any atom is 0.0714 e. The van der Waals surface area contributed by atoms with E-state index in [-0.39, 0.29) is 5.41 Å². The highest BCUT2D eigenvalue weighted by Crippen LogP contribution is 2.59. The molecule has 0 aliphatic heterocycles. The van der Waals surface area contributed by atoms with Crippen molar-refractivity contribution in [1.82, 2.24) is 0 Å². The van der Waals surface area contributed by atoms with E-state index in [1.54, 1.807) is 0 Å². The van der Waals surface area contributed by atoms with Crippen LogP contribution in [0.25, 0.3) is 54.9 Å². The molecule has 0 aromatic heterocycles. The van der Waals surface area contributed by atoms with E-state index in [0.717, 1.165) is 17.1 Å². The molecule has 0 heterocycles. The molecule has 0 saturated carbocycles. The van der Waals surface area contributed by atoms with Gasteiger partial charge in [0.1, 0.15) is 0 Å². The summed E-state index contributed by atoms with van der Waals surface area (Å²) < 4.78 is 0. The molecule has 0 bridgehead atoms. The number of para-hydroxylation sites is 1. The molecule has 1 heteroatoms. The minimum atomic E-state index is -0.506. The highest BCUT2D eigenvalue weighted by molar-refractivity contribution is 6.08. The molecule has 0 unspecified atom stereocenters. The topological polar surface area (TPSA) is 3.24 Å². The fraction of sp³-hybridized carbons (Fsp3) is 0.0667. The van der Waals surface area contributed by atoms with Crippen molar-refractivity contribution in [2.24, 2.45) is 0 Å². The van der Waals surface area contributed by atoms with E-state index < -0.39 is 5.41 Å². The number of hydrogen-bond acceptors (Lipinski definition) is 1. The zero-order chi connectivity index (χ0) is 40.7. The van der Waals surface area contributed by atoms with Gasteiger partial charge in [0.05, 0.1) is 11.1 Å². The van der Waals surface area contributed by atoms with Gasteiger partial charge in [0.25, 0.3) is 0 Å². The quantitative estimate of drug-likeness (QED) is 0.163. The molecule has 0 saturated heterocycles. The molecule has 0 N–H and O–H groups in total. The minimum absolute atomic E-state index is 0.107. The molecule has 61 heavy (non-hydrogen) atoms. The molecule has 10 aromatic carbocycles. The zero-order valence-corrected chi connectivity index (χ0v) is 34.3. The van der Waals surface area contributed by atoms with Crippen LogP contribution in [-0.4, -0.2) is 0 Å². The van der Waals surface area contributed by atoms with Crippen molar-refractivity contribution in [1.29, 1.82) is 0 Å². The molecular weight excluding hydrogens is 735 g/mol. The van der Waals surface area contributed by atoms with Crippen molar-refractivity contribution in [2.45, 2.75) is 24.7 Å². The molecule has 0 amide bonds. The lowest BCUT2D eigenvalue weighted by atomic mass is 9.67. The first-order valence-electron chi connectivity index (χ1n) is 21.4. The van der Waals surface area contributed by atoms with E-state index in [0.29, 0.717) is 0 Å². The SMILES string of the molecule is CC1(C)c2ccccc2-c2ccc(N(c3ccccc3)c3ccc(-c4ccc5c(c4)C(c4ccccc4)(c4ccccc4)c4ccc6ccccc6c4-5)c4ccccc34)cc21. The van der Waals surface area contributed by atoms with Gasteiger partial charge in [-0.1, -0.05) is 202 Å². The summed E-state index contributed by atoms with van der Waals surface area (Å²) in [5.74, 6) is 0. The van der Waals surface area contributed by atoms with Crippen molar-refractivity contribution >= 4 is 38.6 Å². The number of hydrogen-bond donors (Lipinski definition) is 0. The number of anilines is 3. The van der Waals surface area contributed by atoms with Crippen LogP contribution in [0.1, 0.15) is 47.2 Å². The van der Waals surface area contributed by atoms with E-state index in [4.69, 9.17) is 0 Å². The predicted molar refractivity (Wildman–Crippen MR) is 256 cm³/mol. The molecule has 2 aliphatic rings. The fourth-order valence-corrected chi connectivity index (χ4v) is 11.0. The largest absolute Gasteiger partial charge is 0.310 e. The Kier molecular flexibility index (Phi) is 7.86.